The minimum Gasteiger partial charge on any atom is -0.466 e. The van der Waals surface area contributed by atoms with Crippen LogP contribution in [-0.4, -0.2) is 18.0 Å². The van der Waals surface area contributed by atoms with Gasteiger partial charge in [-0.2, -0.15) is 0 Å². The summed E-state index contributed by atoms with van der Waals surface area (Å²) in [7, 11) is 0. The summed E-state index contributed by atoms with van der Waals surface area (Å²) in [6.45, 7) is -0.0438. The maximum atomic E-state index is 8.94. The van der Waals surface area contributed by atoms with E-state index in [0.29, 0.717) is 5.76 Å². The van der Waals surface area contributed by atoms with Gasteiger partial charge >= 0.3 is 0 Å². The van der Waals surface area contributed by atoms with Crippen LogP contribution >= 0.6 is 0 Å². The van der Waals surface area contributed by atoms with Crippen LogP contribution in [0.3, 0.4) is 0 Å². The van der Waals surface area contributed by atoms with Gasteiger partial charge in [-0.25, -0.2) is 0 Å². The number of ether oxygens (including phenoxy) is 2. The van der Waals surface area contributed by atoms with Crippen molar-refractivity contribution >= 4 is 0 Å². The zero-order chi connectivity index (χ0) is 10.3. The fraction of sp³-hybridized carbons (Fsp3) is 0.333. The van der Waals surface area contributed by atoms with Crippen LogP contribution in [0.4, 0.5) is 0 Å². The Bertz CT molecular complexity index is 385. The second-order valence-electron chi connectivity index (χ2n) is 3.82. The maximum Gasteiger partial charge on any atom is 0.209 e. The van der Waals surface area contributed by atoms with Crippen LogP contribution in [0.15, 0.2) is 42.2 Å². The van der Waals surface area contributed by atoms with Crippen LogP contribution in [0.5, 0.6) is 0 Å². The molecule has 2 aliphatic heterocycles. The average molecular weight is 204 g/mol. The number of rotatable bonds is 2. The van der Waals surface area contributed by atoms with Gasteiger partial charge in [0.15, 0.2) is 0 Å². The Morgan fingerprint density at radius 3 is 2.73 bits per heavy atom. The van der Waals surface area contributed by atoms with Crippen molar-refractivity contribution in [2.24, 2.45) is 5.92 Å². The number of hydrogen-bond donors (Lipinski definition) is 1. The minimum absolute atomic E-state index is 0.0438. The number of aliphatic hydroxyl groups excluding tert-OH is 1. The molecular weight excluding hydrogens is 192 g/mol. The van der Waals surface area contributed by atoms with Crippen molar-refractivity contribution in [3.63, 3.8) is 0 Å². The third-order valence-electron chi connectivity index (χ3n) is 2.87. The van der Waals surface area contributed by atoms with Crippen LogP contribution in [0, 0.1) is 5.92 Å². The first-order valence-electron chi connectivity index (χ1n) is 5.07. The van der Waals surface area contributed by atoms with Gasteiger partial charge in [-0.3, -0.25) is 0 Å². The number of aliphatic hydroxyl groups is 1. The van der Waals surface area contributed by atoms with Crippen molar-refractivity contribution in [2.75, 3.05) is 6.61 Å². The Kier molecular flexibility index (Phi) is 2.01. The van der Waals surface area contributed by atoms with Gasteiger partial charge in [-0.05, 0) is 11.6 Å². The van der Waals surface area contributed by atoms with Crippen LogP contribution < -0.4 is 0 Å². The molecule has 0 bridgehead atoms. The van der Waals surface area contributed by atoms with Crippen molar-refractivity contribution in [1.29, 1.82) is 0 Å². The highest BCUT2D eigenvalue weighted by molar-refractivity contribution is 5.24. The normalized spacial score (nSPS) is 32.6. The molecule has 3 nitrogen and oxygen atoms in total. The molecule has 78 valence electrons. The Morgan fingerprint density at radius 2 is 2.00 bits per heavy atom. The Morgan fingerprint density at radius 1 is 1.20 bits per heavy atom. The van der Waals surface area contributed by atoms with E-state index in [0.717, 1.165) is 5.56 Å². The zero-order valence-electron chi connectivity index (χ0n) is 8.17. The molecule has 0 saturated carbocycles. The average Bonchev–Trinajstić information content (AvgIpc) is 2.58. The summed E-state index contributed by atoms with van der Waals surface area (Å²) < 4.78 is 10.9. The fourth-order valence-electron chi connectivity index (χ4n) is 2.09. The summed E-state index contributed by atoms with van der Waals surface area (Å²) in [5.41, 5.74) is 1.16. The van der Waals surface area contributed by atoms with Crippen molar-refractivity contribution < 1.29 is 14.6 Å². The summed E-state index contributed by atoms with van der Waals surface area (Å²) >= 11 is 0. The van der Waals surface area contributed by atoms with Crippen molar-refractivity contribution in [2.45, 2.75) is 12.4 Å². The van der Waals surface area contributed by atoms with Crippen LogP contribution in [0.1, 0.15) is 11.7 Å². The first kappa shape index (κ1) is 8.95. The first-order chi connectivity index (χ1) is 7.38. The van der Waals surface area contributed by atoms with E-state index < -0.39 is 0 Å². The molecule has 1 aromatic rings. The highest BCUT2D eigenvalue weighted by Gasteiger charge is 2.47. The van der Waals surface area contributed by atoms with E-state index in [-0.39, 0.29) is 24.9 Å². The van der Waals surface area contributed by atoms with Gasteiger partial charge in [0, 0.05) is 0 Å². The van der Waals surface area contributed by atoms with E-state index >= 15 is 0 Å². The van der Waals surface area contributed by atoms with Gasteiger partial charge in [0.2, 0.25) is 6.29 Å². The second-order valence-corrected chi connectivity index (χ2v) is 3.82. The van der Waals surface area contributed by atoms with Crippen LogP contribution in [-0.2, 0) is 9.47 Å². The van der Waals surface area contributed by atoms with E-state index in [1.54, 1.807) is 0 Å². The molecule has 0 aromatic heterocycles. The van der Waals surface area contributed by atoms with Crippen LogP contribution in [0.2, 0.25) is 0 Å². The molecule has 1 fully saturated rings. The Hall–Kier alpha value is -1.32. The van der Waals surface area contributed by atoms with Crippen molar-refractivity contribution in [1.82, 2.24) is 0 Å². The van der Waals surface area contributed by atoms with Crippen molar-refractivity contribution in [3.05, 3.63) is 47.7 Å². The second kappa shape index (κ2) is 3.36. The molecule has 0 aliphatic carbocycles. The summed E-state index contributed by atoms with van der Waals surface area (Å²) in [6, 6.07) is 10.1. The van der Waals surface area contributed by atoms with Gasteiger partial charge in [0.1, 0.15) is 12.4 Å². The molecule has 0 amide bonds. The van der Waals surface area contributed by atoms with Gasteiger partial charge in [-0.15, -0.1) is 0 Å². The first-order valence-corrected chi connectivity index (χ1v) is 5.07. The molecule has 2 heterocycles. The molecule has 15 heavy (non-hydrogen) atoms. The Labute approximate surface area is 87.9 Å². The molecule has 3 rings (SSSR count). The molecule has 0 unspecified atom stereocenters. The lowest BCUT2D eigenvalue weighted by Crippen LogP contribution is -2.39. The summed E-state index contributed by atoms with van der Waals surface area (Å²) in [5, 5.41) is 8.94. The third kappa shape index (κ3) is 1.35. The van der Waals surface area contributed by atoms with Gasteiger partial charge in [0.25, 0.3) is 0 Å². The number of fused-ring (bicyclic) bond motifs is 1. The number of hydrogen-bond acceptors (Lipinski definition) is 3. The lowest BCUT2D eigenvalue weighted by Gasteiger charge is -2.38. The van der Waals surface area contributed by atoms with Gasteiger partial charge < -0.3 is 14.6 Å². The van der Waals surface area contributed by atoms with E-state index in [1.807, 2.05) is 36.4 Å². The standard InChI is InChI=1S/C12H12O3/c13-7-9-6-10-11(15-12(10)14-9)8-4-2-1-3-5-8/h1-6,10-13H,7H2/t10-,11+,12+/m0/s1. The summed E-state index contributed by atoms with van der Waals surface area (Å²) in [5.74, 6) is 0.887. The molecule has 1 aromatic carbocycles. The zero-order valence-corrected chi connectivity index (χ0v) is 8.17. The Balaban J connectivity index is 1.80. The molecule has 0 radical (unpaired) electrons. The fourth-order valence-corrected chi connectivity index (χ4v) is 2.09. The summed E-state index contributed by atoms with van der Waals surface area (Å²) in [4.78, 5) is 0. The van der Waals surface area contributed by atoms with E-state index in [2.05, 4.69) is 0 Å². The highest BCUT2D eigenvalue weighted by Crippen LogP contribution is 2.46. The molecule has 0 spiro atoms. The minimum atomic E-state index is -0.183. The lowest BCUT2D eigenvalue weighted by atomic mass is 9.90. The van der Waals surface area contributed by atoms with E-state index in [1.165, 1.54) is 0 Å². The van der Waals surface area contributed by atoms with Crippen LogP contribution in [0.25, 0.3) is 0 Å². The molecule has 2 aliphatic rings. The topological polar surface area (TPSA) is 38.7 Å². The molecular formula is C12H12O3. The van der Waals surface area contributed by atoms with Crippen molar-refractivity contribution in [3.8, 4) is 0 Å². The predicted octanol–water partition coefficient (Wildman–Crippen LogP) is 1.61. The molecule has 1 saturated heterocycles. The maximum absolute atomic E-state index is 8.94. The lowest BCUT2D eigenvalue weighted by molar-refractivity contribution is -0.262. The third-order valence-corrected chi connectivity index (χ3v) is 2.87. The van der Waals surface area contributed by atoms with Gasteiger partial charge in [-0.1, -0.05) is 30.3 Å². The van der Waals surface area contributed by atoms with E-state index in [4.69, 9.17) is 14.6 Å². The molecule has 1 N–H and O–H groups in total. The smallest absolute Gasteiger partial charge is 0.209 e. The highest BCUT2D eigenvalue weighted by atomic mass is 16.7. The quantitative estimate of drug-likeness (QED) is 0.795. The largest absolute Gasteiger partial charge is 0.466 e. The van der Waals surface area contributed by atoms with Gasteiger partial charge in [0.05, 0.1) is 12.0 Å². The van der Waals surface area contributed by atoms with E-state index in [9.17, 15) is 0 Å². The summed E-state index contributed by atoms with van der Waals surface area (Å²) in [6.07, 6.45) is 1.86. The monoisotopic (exact) mass is 204 g/mol. The predicted molar refractivity (Wildman–Crippen MR) is 53.8 cm³/mol. The SMILES string of the molecule is OCC1=C[C@@H]2[C@H](O1)O[C@@H]2c1ccccc1. The molecule has 3 atom stereocenters. The molecule has 3 heteroatoms. The number of benzene rings is 1.